The number of carboxylic acids is 1. The SMILES string of the molecule is CC[C@H]1OC(=O)[C@H](C)[C@@H](OC(=O)CCNCCCCCNc2cc3c(cc2F)c(=O)c(C(=O)O)cn3C2CC2)[C@H](C)[C@@H](O[C@@H]2O[C@H](C)C[C@H](N(C)C)[C@H]2O)[C@](C)(OC)C[C@@H](C)/C(=N\OC)[C@H](C)[C@H]2OC(=O)O[C@@]21C. The Kier molecular flexibility index (Phi) is 19.6. The summed E-state index contributed by atoms with van der Waals surface area (Å²) >= 11 is 0. The number of anilines is 1. The molecular formula is C53H80FN5O15. The molecule has 0 spiro atoms. The fraction of sp³-hybridized carbons (Fsp3) is 0.736. The maximum absolute atomic E-state index is 15.2. The fourth-order valence-corrected chi connectivity index (χ4v) is 11.3. The Hall–Kier alpha value is -4.93. The maximum Gasteiger partial charge on any atom is 0.509 e. The van der Waals surface area contributed by atoms with E-state index in [0.29, 0.717) is 37.2 Å². The van der Waals surface area contributed by atoms with Crippen LogP contribution in [0, 0.1) is 29.5 Å². The molecule has 74 heavy (non-hydrogen) atoms. The lowest BCUT2D eigenvalue weighted by atomic mass is 9.73. The summed E-state index contributed by atoms with van der Waals surface area (Å²) in [4.78, 5) is 73.4. The maximum atomic E-state index is 15.2. The smallest absolute Gasteiger partial charge is 0.477 e. The highest BCUT2D eigenvalue weighted by molar-refractivity contribution is 5.93. The molecule has 14 atom stereocenters. The van der Waals surface area contributed by atoms with Crippen LogP contribution >= 0.6 is 0 Å². The fourth-order valence-electron chi connectivity index (χ4n) is 11.3. The van der Waals surface area contributed by atoms with Crippen LogP contribution in [0.25, 0.3) is 10.9 Å². The van der Waals surface area contributed by atoms with Crippen LogP contribution < -0.4 is 16.1 Å². The number of hydrogen-bond acceptors (Lipinski definition) is 18. The monoisotopic (exact) mass is 1050 g/mol. The molecule has 2 aromatic rings. The number of carbonyl (C=O) groups excluding carboxylic acids is 3. The van der Waals surface area contributed by atoms with Gasteiger partial charge in [-0.2, -0.15) is 0 Å². The third kappa shape index (κ3) is 13.0. The summed E-state index contributed by atoms with van der Waals surface area (Å²) in [5.74, 6) is -6.22. The molecule has 4 fully saturated rings. The van der Waals surface area contributed by atoms with Crippen LogP contribution in [0.5, 0.6) is 0 Å². The zero-order valence-corrected chi connectivity index (χ0v) is 45.1. The summed E-state index contributed by atoms with van der Waals surface area (Å²) in [6.45, 7) is 15.7. The van der Waals surface area contributed by atoms with Gasteiger partial charge in [-0.15, -0.1) is 0 Å². The zero-order chi connectivity index (χ0) is 54.4. The topological polar surface area (TPSA) is 244 Å². The van der Waals surface area contributed by atoms with Crippen molar-refractivity contribution in [1.82, 2.24) is 14.8 Å². The van der Waals surface area contributed by atoms with Gasteiger partial charge >= 0.3 is 24.1 Å². The average Bonchev–Trinajstić information content (AvgIpc) is 4.15. The Morgan fingerprint density at radius 1 is 0.986 bits per heavy atom. The van der Waals surface area contributed by atoms with Crippen LogP contribution in [0.4, 0.5) is 14.9 Å². The molecule has 6 rings (SSSR count). The number of carbonyl (C=O) groups is 4. The Morgan fingerprint density at radius 2 is 1.69 bits per heavy atom. The number of ether oxygens (including phenoxy) is 7. The van der Waals surface area contributed by atoms with E-state index in [0.717, 1.165) is 31.7 Å². The van der Waals surface area contributed by atoms with Crippen LogP contribution in [-0.2, 0) is 47.6 Å². The number of halogens is 1. The molecule has 1 aromatic carbocycles. The van der Waals surface area contributed by atoms with Gasteiger partial charge in [0.25, 0.3) is 0 Å². The first-order valence-corrected chi connectivity index (χ1v) is 26.2. The first-order valence-electron chi connectivity index (χ1n) is 26.2. The summed E-state index contributed by atoms with van der Waals surface area (Å²) in [5, 5.41) is 32.2. The van der Waals surface area contributed by atoms with E-state index < -0.39 is 107 Å². The lowest BCUT2D eigenvalue weighted by Gasteiger charge is -2.48. The normalized spacial score (nSPS) is 33.6. The summed E-state index contributed by atoms with van der Waals surface area (Å²) in [7, 11) is 6.71. The summed E-state index contributed by atoms with van der Waals surface area (Å²) in [6, 6.07) is 2.42. The minimum absolute atomic E-state index is 0.0316. The van der Waals surface area contributed by atoms with E-state index in [1.165, 1.54) is 20.4 Å². The van der Waals surface area contributed by atoms with E-state index >= 15 is 4.39 Å². The van der Waals surface area contributed by atoms with Crippen LogP contribution in [0.3, 0.4) is 0 Å². The number of benzene rings is 1. The van der Waals surface area contributed by atoms with Crippen molar-refractivity contribution in [2.24, 2.45) is 28.8 Å². The van der Waals surface area contributed by atoms with Crippen LogP contribution in [-0.4, -0.2) is 158 Å². The number of hydrogen-bond donors (Lipinski definition) is 4. The highest BCUT2D eigenvalue weighted by Crippen LogP contribution is 2.44. The Labute approximate surface area is 433 Å². The van der Waals surface area contributed by atoms with Crippen molar-refractivity contribution in [2.45, 2.75) is 179 Å². The van der Waals surface area contributed by atoms with Crippen molar-refractivity contribution in [3.63, 3.8) is 0 Å². The zero-order valence-electron chi connectivity index (χ0n) is 45.1. The number of aromatic nitrogens is 1. The van der Waals surface area contributed by atoms with Crippen molar-refractivity contribution in [1.29, 1.82) is 0 Å². The number of cyclic esters (lactones) is 1. The number of nitrogens with zero attached hydrogens (tertiary/aromatic N) is 3. The number of likely N-dealkylation sites (N-methyl/N-ethyl adjacent to an activating group) is 1. The average molecular weight is 1050 g/mol. The van der Waals surface area contributed by atoms with Gasteiger partial charge in [0.1, 0.15) is 36.8 Å². The number of rotatable bonds is 19. The van der Waals surface area contributed by atoms with Crippen molar-refractivity contribution in [3.05, 3.63) is 39.9 Å². The Bertz CT molecular complexity index is 2400. The van der Waals surface area contributed by atoms with Gasteiger partial charge in [-0.1, -0.05) is 39.3 Å². The molecule has 21 heteroatoms. The molecular weight excluding hydrogens is 966 g/mol. The van der Waals surface area contributed by atoms with Gasteiger partial charge in [0.15, 0.2) is 18.0 Å². The van der Waals surface area contributed by atoms with Gasteiger partial charge in [-0.3, -0.25) is 14.4 Å². The van der Waals surface area contributed by atoms with Gasteiger partial charge in [0.05, 0.1) is 47.1 Å². The van der Waals surface area contributed by atoms with Crippen molar-refractivity contribution >= 4 is 46.4 Å². The molecule has 0 unspecified atom stereocenters. The molecule has 4 heterocycles. The Morgan fingerprint density at radius 3 is 2.32 bits per heavy atom. The van der Waals surface area contributed by atoms with Crippen molar-refractivity contribution < 1.29 is 71.8 Å². The largest absolute Gasteiger partial charge is 0.509 e. The second-order valence-electron chi connectivity index (χ2n) is 21.4. The van der Waals surface area contributed by atoms with E-state index in [9.17, 15) is 34.2 Å². The van der Waals surface area contributed by atoms with E-state index in [1.807, 2.05) is 46.7 Å². The first-order chi connectivity index (χ1) is 35.0. The lowest BCUT2D eigenvalue weighted by molar-refractivity contribution is -0.301. The molecule has 4 aliphatic rings. The predicted octanol–water partition coefficient (Wildman–Crippen LogP) is 6.43. The number of aromatic carboxylic acids is 1. The number of nitrogens with one attached hydrogen (secondary N) is 2. The minimum atomic E-state index is -1.45. The number of unbranched alkanes of at least 4 members (excludes halogenated alkanes) is 2. The third-order valence-electron chi connectivity index (χ3n) is 15.6. The molecule has 1 saturated carbocycles. The van der Waals surface area contributed by atoms with Gasteiger partial charge in [0.2, 0.25) is 5.43 Å². The molecule has 414 valence electrons. The van der Waals surface area contributed by atoms with Crippen LogP contribution in [0.15, 0.2) is 28.3 Å². The number of oxime groups is 1. The molecule has 0 radical (unpaired) electrons. The number of fused-ring (bicyclic) bond motifs is 2. The molecule has 20 nitrogen and oxygen atoms in total. The van der Waals surface area contributed by atoms with E-state index in [4.69, 9.17) is 38.0 Å². The molecule has 1 aliphatic carbocycles. The van der Waals surface area contributed by atoms with E-state index in [1.54, 1.807) is 38.3 Å². The second kappa shape index (κ2) is 24.8. The lowest BCUT2D eigenvalue weighted by Crippen LogP contribution is -2.60. The quantitative estimate of drug-likeness (QED) is 0.0513. The van der Waals surface area contributed by atoms with Gasteiger partial charge < -0.3 is 68.3 Å². The predicted molar refractivity (Wildman–Crippen MR) is 271 cm³/mol. The molecule has 4 N–H and O–H groups in total. The number of aliphatic hydroxyl groups excluding tert-OH is 1. The highest BCUT2D eigenvalue weighted by atomic mass is 19.1. The first kappa shape index (κ1) is 58.3. The number of methoxy groups -OCH3 is 1. The summed E-state index contributed by atoms with van der Waals surface area (Å²) in [6.07, 6.45) is -1.36. The number of aliphatic hydroxyl groups is 1. The Balaban J connectivity index is 1.16. The molecule has 3 aliphatic heterocycles. The molecule has 0 amide bonds. The molecule has 0 bridgehead atoms. The van der Waals surface area contributed by atoms with Crippen molar-refractivity contribution in [2.75, 3.05) is 53.3 Å². The molecule has 3 saturated heterocycles. The van der Waals surface area contributed by atoms with Crippen molar-refractivity contribution in [3.8, 4) is 0 Å². The van der Waals surface area contributed by atoms with E-state index in [2.05, 4.69) is 15.8 Å². The van der Waals surface area contributed by atoms with E-state index in [-0.39, 0.29) is 60.6 Å². The summed E-state index contributed by atoms with van der Waals surface area (Å²) in [5.41, 5.74) is -2.55. The standard InChI is InChI=1S/C53H80FN5O15/c1-13-40-53(8)47(73-51(66)74-53)30(4)42(57-68-12)28(2)26-52(7,67-11)46(72-50-44(62)39(58(9)10)23-29(3)69-50)31(5)45(32(6)49(65)70-40)71-41(60)19-22-55-20-15-14-16-21-56-37-25-38-34(24-36(37)54)43(61)35(48(63)64)27-59(38)33-17-18-33/h24-25,27-33,39-40,44-47,50,55-56,62H,13-23,26H2,1-12H3,(H,63,64)/b57-42+/t28-,29-,30+,31+,32-,39+,40-,44-,45+,46-,47-,50+,52-,53-/m1/s1. The van der Waals surface area contributed by atoms with Gasteiger partial charge in [0, 0.05) is 61.6 Å². The number of carboxylic acid groups (broad SMARTS) is 1. The summed E-state index contributed by atoms with van der Waals surface area (Å²) < 4.78 is 60.9. The van der Waals surface area contributed by atoms with Gasteiger partial charge in [-0.25, -0.2) is 14.0 Å². The van der Waals surface area contributed by atoms with Crippen LogP contribution in [0.1, 0.15) is 130 Å². The molecule has 1 aromatic heterocycles. The second-order valence-corrected chi connectivity index (χ2v) is 21.4. The van der Waals surface area contributed by atoms with Gasteiger partial charge in [-0.05, 0) is 105 Å². The highest BCUT2D eigenvalue weighted by Gasteiger charge is 2.59. The number of pyridine rings is 1. The third-order valence-corrected chi connectivity index (χ3v) is 15.6. The number of esters is 2. The minimum Gasteiger partial charge on any atom is -0.477 e. The van der Waals surface area contributed by atoms with Crippen LogP contribution in [0.2, 0.25) is 0 Å².